The van der Waals surface area contributed by atoms with E-state index >= 15 is 0 Å². The Morgan fingerprint density at radius 2 is 2.35 bits per heavy atom. The molecule has 0 aromatic carbocycles. The second-order valence-corrected chi connectivity index (χ2v) is 6.66. The molecule has 0 bridgehead atoms. The van der Waals surface area contributed by atoms with Gasteiger partial charge in [-0.25, -0.2) is 4.98 Å². The van der Waals surface area contributed by atoms with E-state index < -0.39 is 0 Å². The molecule has 1 saturated heterocycles. The smallest absolute Gasteiger partial charge is 0.124 e. The van der Waals surface area contributed by atoms with Crippen molar-refractivity contribution in [3.63, 3.8) is 0 Å². The van der Waals surface area contributed by atoms with Gasteiger partial charge in [-0.3, -0.25) is 0 Å². The first-order valence-corrected chi connectivity index (χ1v) is 8.15. The van der Waals surface area contributed by atoms with Crippen LogP contribution in [-0.2, 0) is 6.54 Å². The van der Waals surface area contributed by atoms with Crippen LogP contribution in [0.1, 0.15) is 4.88 Å². The van der Waals surface area contributed by atoms with Gasteiger partial charge < -0.3 is 15.7 Å². The van der Waals surface area contributed by atoms with Crippen molar-refractivity contribution in [1.82, 2.24) is 15.6 Å². The molecule has 1 fully saturated rings. The molecule has 2 atom stereocenters. The van der Waals surface area contributed by atoms with Crippen molar-refractivity contribution in [1.29, 1.82) is 0 Å². The summed E-state index contributed by atoms with van der Waals surface area (Å²) < 4.78 is 0. The highest BCUT2D eigenvalue weighted by Crippen LogP contribution is 2.26. The summed E-state index contributed by atoms with van der Waals surface area (Å²) in [5.41, 5.74) is 1.21. The van der Waals surface area contributed by atoms with Crippen LogP contribution in [0.2, 0.25) is 0 Å². The largest absolute Gasteiger partial charge is 0.391 e. The van der Waals surface area contributed by atoms with E-state index in [9.17, 15) is 5.11 Å². The quantitative estimate of drug-likeness (QED) is 0.784. The molecule has 0 aliphatic carbocycles. The lowest BCUT2D eigenvalue weighted by atomic mass is 10.1. The minimum atomic E-state index is -0.213. The topological polar surface area (TPSA) is 57.2 Å². The van der Waals surface area contributed by atoms with Crippen LogP contribution in [0.15, 0.2) is 23.0 Å². The molecule has 20 heavy (non-hydrogen) atoms. The van der Waals surface area contributed by atoms with E-state index in [1.807, 2.05) is 6.20 Å². The maximum atomic E-state index is 9.70. The highest BCUT2D eigenvalue weighted by molar-refractivity contribution is 7.15. The third-order valence-electron chi connectivity index (χ3n) is 3.33. The third-order valence-corrected chi connectivity index (χ3v) is 5.06. The van der Waals surface area contributed by atoms with Crippen LogP contribution >= 0.6 is 35.1 Å². The molecule has 0 spiro atoms. The highest BCUT2D eigenvalue weighted by Gasteiger charge is 2.24. The fourth-order valence-corrected chi connectivity index (χ4v) is 3.81. The molecule has 7 heteroatoms. The first-order chi connectivity index (χ1) is 9.33. The van der Waals surface area contributed by atoms with Crippen LogP contribution in [0.4, 0.5) is 0 Å². The molecular weight excluding hydrogens is 314 g/mol. The number of nitrogens with zero attached hydrogens (tertiary/aromatic N) is 1. The fraction of sp³-hybridized carbons (Fsp3) is 0.462. The number of halogens is 1. The maximum absolute atomic E-state index is 9.70. The van der Waals surface area contributed by atoms with Crippen molar-refractivity contribution in [2.24, 2.45) is 5.92 Å². The second-order valence-electron chi connectivity index (χ2n) is 4.76. The Kier molecular flexibility index (Phi) is 5.95. The Labute approximate surface area is 132 Å². The van der Waals surface area contributed by atoms with Crippen molar-refractivity contribution in [2.45, 2.75) is 12.6 Å². The zero-order valence-electron chi connectivity index (χ0n) is 10.9. The van der Waals surface area contributed by atoms with Crippen molar-refractivity contribution in [3.8, 4) is 10.6 Å². The van der Waals surface area contributed by atoms with E-state index in [-0.39, 0.29) is 18.5 Å². The molecule has 1 aliphatic rings. The van der Waals surface area contributed by atoms with E-state index in [1.165, 1.54) is 10.4 Å². The normalized spacial score (nSPS) is 21.9. The summed E-state index contributed by atoms with van der Waals surface area (Å²) in [5, 5.41) is 21.6. The number of β-amino-alcohol motifs (C(OH)–C–C–N with tert-alkyl or cyclic N) is 1. The predicted molar refractivity (Wildman–Crippen MR) is 86.7 cm³/mol. The molecule has 110 valence electrons. The number of rotatable bonds is 5. The summed E-state index contributed by atoms with van der Waals surface area (Å²) in [5.74, 6) is 0.323. The first-order valence-electron chi connectivity index (χ1n) is 6.39. The van der Waals surface area contributed by atoms with Crippen LogP contribution < -0.4 is 10.6 Å². The third kappa shape index (κ3) is 3.78. The van der Waals surface area contributed by atoms with Crippen molar-refractivity contribution in [2.75, 3.05) is 19.6 Å². The molecule has 2 aromatic rings. The minimum Gasteiger partial charge on any atom is -0.391 e. The van der Waals surface area contributed by atoms with Crippen molar-refractivity contribution < 1.29 is 5.11 Å². The number of thiazole rings is 1. The van der Waals surface area contributed by atoms with Gasteiger partial charge in [0.1, 0.15) is 5.01 Å². The van der Waals surface area contributed by atoms with Gasteiger partial charge in [-0.15, -0.1) is 23.7 Å². The van der Waals surface area contributed by atoms with Gasteiger partial charge in [0.25, 0.3) is 0 Å². The molecule has 0 amide bonds. The Balaban J connectivity index is 0.00000147. The highest BCUT2D eigenvalue weighted by atomic mass is 35.5. The second kappa shape index (κ2) is 7.49. The molecule has 3 N–H and O–H groups in total. The average Bonchev–Trinajstić information content (AvgIpc) is 3.11. The summed E-state index contributed by atoms with van der Waals surface area (Å²) in [6.45, 7) is 3.29. The first kappa shape index (κ1) is 15.9. The maximum Gasteiger partial charge on any atom is 0.124 e. The number of aliphatic hydroxyl groups is 1. The SMILES string of the molecule is Cl.OC1CNCC1CNCc1cnc(-c2ccsc2)s1. The Bertz CT molecular complexity index is 517. The number of hydrogen-bond acceptors (Lipinski definition) is 6. The lowest BCUT2D eigenvalue weighted by Gasteiger charge is -2.13. The Morgan fingerprint density at radius 1 is 1.45 bits per heavy atom. The lowest BCUT2D eigenvalue weighted by molar-refractivity contribution is 0.146. The van der Waals surface area contributed by atoms with Crippen LogP contribution in [0.5, 0.6) is 0 Å². The van der Waals surface area contributed by atoms with Gasteiger partial charge in [0.2, 0.25) is 0 Å². The minimum absolute atomic E-state index is 0. The van der Waals surface area contributed by atoms with E-state index in [1.54, 1.807) is 22.7 Å². The molecule has 2 aromatic heterocycles. The van der Waals surface area contributed by atoms with Gasteiger partial charge >= 0.3 is 0 Å². The van der Waals surface area contributed by atoms with Gasteiger partial charge in [-0.2, -0.15) is 11.3 Å². The summed E-state index contributed by atoms with van der Waals surface area (Å²) in [4.78, 5) is 5.69. The van der Waals surface area contributed by atoms with Crippen molar-refractivity contribution in [3.05, 3.63) is 27.9 Å². The fourth-order valence-electron chi connectivity index (χ4n) is 2.22. The number of thiophene rings is 1. The summed E-state index contributed by atoms with van der Waals surface area (Å²) in [7, 11) is 0. The van der Waals surface area contributed by atoms with Gasteiger partial charge in [-0.05, 0) is 11.4 Å². The predicted octanol–water partition coefficient (Wildman–Crippen LogP) is 1.96. The van der Waals surface area contributed by atoms with Crippen LogP contribution in [0.25, 0.3) is 10.6 Å². The number of hydrogen-bond donors (Lipinski definition) is 3. The monoisotopic (exact) mass is 331 g/mol. The van der Waals surface area contributed by atoms with Crippen LogP contribution in [0.3, 0.4) is 0 Å². The van der Waals surface area contributed by atoms with Crippen LogP contribution in [-0.4, -0.2) is 35.8 Å². The lowest BCUT2D eigenvalue weighted by Crippen LogP contribution is -2.29. The standard InChI is InChI=1S/C13H17N3OS2.ClH/c17-12-7-15-4-10(12)3-14-5-11-6-16-13(19-11)9-1-2-18-8-9;/h1-2,6,8,10,12,14-15,17H,3-5,7H2;1H. The van der Waals surface area contributed by atoms with Gasteiger partial charge in [0, 0.05) is 54.1 Å². The van der Waals surface area contributed by atoms with Gasteiger partial charge in [0.05, 0.1) is 6.10 Å². The van der Waals surface area contributed by atoms with E-state index in [0.29, 0.717) is 5.92 Å². The molecule has 1 aliphatic heterocycles. The average molecular weight is 332 g/mol. The number of aliphatic hydroxyl groups excluding tert-OH is 1. The zero-order valence-corrected chi connectivity index (χ0v) is 13.4. The Hall–Kier alpha value is -0.500. The molecular formula is C13H18ClN3OS2. The molecule has 3 heterocycles. The molecule has 2 unspecified atom stereocenters. The Morgan fingerprint density at radius 3 is 3.05 bits per heavy atom. The van der Waals surface area contributed by atoms with Crippen LogP contribution in [0, 0.1) is 5.92 Å². The zero-order chi connectivity index (χ0) is 13.1. The summed E-state index contributed by atoms with van der Waals surface area (Å²) in [6.07, 6.45) is 1.73. The molecule has 0 saturated carbocycles. The summed E-state index contributed by atoms with van der Waals surface area (Å²) >= 11 is 3.42. The molecule has 4 nitrogen and oxygen atoms in total. The number of aromatic nitrogens is 1. The molecule has 3 rings (SSSR count). The van der Waals surface area contributed by atoms with Crippen molar-refractivity contribution >= 4 is 35.1 Å². The van der Waals surface area contributed by atoms with E-state index in [4.69, 9.17) is 0 Å². The number of nitrogens with one attached hydrogen (secondary N) is 2. The summed E-state index contributed by atoms with van der Waals surface area (Å²) in [6, 6.07) is 2.10. The van der Waals surface area contributed by atoms with E-state index in [2.05, 4.69) is 32.4 Å². The van der Waals surface area contributed by atoms with Gasteiger partial charge in [0.15, 0.2) is 0 Å². The molecule has 0 radical (unpaired) electrons. The van der Waals surface area contributed by atoms with Gasteiger partial charge in [-0.1, -0.05) is 0 Å². The van der Waals surface area contributed by atoms with E-state index in [0.717, 1.165) is 31.2 Å².